The lowest BCUT2D eigenvalue weighted by Gasteiger charge is -2.44. The van der Waals surface area contributed by atoms with Crippen LogP contribution < -0.4 is 14.9 Å². The third-order valence-corrected chi connectivity index (χ3v) is 11.6. The standard InChI is InChI=1S/C34H36F2N8O4S/c1-6-27(45)41-17-21(5)42(18-20(41)4)32-23-16-25(36)30-28-24(35)8-7-9-26(28)43-15-14-40(49(43,47)48)13-11-22-10-12-37-29(19(2)3)31(22)44(33(23)38-30)34(46)39-32/h6-10,12,16,19-21H,1,11,13-15,17-18H2,2-5H3/t20-,21+/m1/s1. The van der Waals surface area contributed by atoms with Crippen LogP contribution >= 0.6 is 0 Å². The molecule has 1 amide bonds. The lowest BCUT2D eigenvalue weighted by Crippen LogP contribution is -2.58. The number of hydrogen-bond acceptors (Lipinski definition) is 8. The highest BCUT2D eigenvalue weighted by Crippen LogP contribution is 2.40. The van der Waals surface area contributed by atoms with Gasteiger partial charge in [0.05, 0.1) is 28.0 Å². The summed E-state index contributed by atoms with van der Waals surface area (Å²) < 4.78 is 63.9. The normalized spacial score (nSPS) is 21.6. The molecule has 256 valence electrons. The topological polar surface area (TPSA) is 125 Å². The Morgan fingerprint density at radius 3 is 2.55 bits per heavy atom. The second-order valence-electron chi connectivity index (χ2n) is 13.0. The van der Waals surface area contributed by atoms with E-state index in [-0.39, 0.29) is 84.6 Å². The maximum Gasteiger partial charge on any atom is 0.355 e. The molecule has 1 aromatic carbocycles. The molecule has 0 saturated carbocycles. The van der Waals surface area contributed by atoms with Gasteiger partial charge < -0.3 is 9.80 Å². The molecule has 3 atom stereocenters. The van der Waals surface area contributed by atoms with Gasteiger partial charge in [0.2, 0.25) is 5.91 Å². The Balaban J connectivity index is 1.58. The van der Waals surface area contributed by atoms with E-state index in [0.717, 1.165) is 10.4 Å². The Morgan fingerprint density at radius 2 is 1.82 bits per heavy atom. The summed E-state index contributed by atoms with van der Waals surface area (Å²) in [7, 11) is -4.12. The van der Waals surface area contributed by atoms with Crippen LogP contribution in [0.25, 0.3) is 28.0 Å². The number of piperazine rings is 1. The number of anilines is 2. The van der Waals surface area contributed by atoms with E-state index in [0.29, 0.717) is 23.5 Å². The molecule has 0 N–H and O–H groups in total. The third kappa shape index (κ3) is 5.17. The van der Waals surface area contributed by atoms with E-state index >= 15 is 8.78 Å². The van der Waals surface area contributed by atoms with Gasteiger partial charge in [-0.05, 0) is 62.1 Å². The fourth-order valence-electron chi connectivity index (χ4n) is 7.19. The van der Waals surface area contributed by atoms with Crippen molar-refractivity contribution in [3.05, 3.63) is 82.6 Å². The molecule has 15 heteroatoms. The Hall–Kier alpha value is -4.76. The molecule has 3 aromatic heterocycles. The number of nitrogens with zero attached hydrogens (tertiary/aromatic N) is 8. The van der Waals surface area contributed by atoms with Crippen LogP contribution in [-0.4, -0.2) is 87.9 Å². The van der Waals surface area contributed by atoms with Gasteiger partial charge in [0, 0.05) is 51.0 Å². The van der Waals surface area contributed by atoms with Gasteiger partial charge >= 0.3 is 15.9 Å². The van der Waals surface area contributed by atoms with E-state index in [1.165, 1.54) is 33.1 Å². The largest absolute Gasteiger partial charge is 0.355 e. The minimum absolute atomic E-state index is 0.0174. The quantitative estimate of drug-likeness (QED) is 0.298. The number of pyridine rings is 2. The summed E-state index contributed by atoms with van der Waals surface area (Å²) in [5.74, 6) is -2.04. The van der Waals surface area contributed by atoms with Gasteiger partial charge in [-0.15, -0.1) is 0 Å². The number of amides is 1. The molecule has 3 aliphatic heterocycles. The summed E-state index contributed by atoms with van der Waals surface area (Å²) in [6.07, 6.45) is 3.09. The number of carbonyl (C=O) groups is 1. The number of carbonyl (C=O) groups excluding carboxylic acids is 1. The Bertz CT molecular complexity index is 2210. The highest BCUT2D eigenvalue weighted by molar-refractivity contribution is 7.90. The van der Waals surface area contributed by atoms with Gasteiger partial charge in [-0.2, -0.15) is 17.7 Å². The molecule has 2 fully saturated rings. The lowest BCUT2D eigenvalue weighted by molar-refractivity contribution is -0.128. The molecule has 0 aliphatic carbocycles. The first-order valence-corrected chi connectivity index (χ1v) is 17.6. The minimum Gasteiger partial charge on any atom is -0.349 e. The van der Waals surface area contributed by atoms with Crippen molar-refractivity contribution in [3.8, 4) is 16.9 Å². The number of aromatic nitrogens is 4. The van der Waals surface area contributed by atoms with E-state index in [2.05, 4.69) is 16.5 Å². The lowest BCUT2D eigenvalue weighted by atomic mass is 10.0. The highest BCUT2D eigenvalue weighted by Gasteiger charge is 2.40. The zero-order valence-corrected chi connectivity index (χ0v) is 28.4. The summed E-state index contributed by atoms with van der Waals surface area (Å²) >= 11 is 0. The van der Waals surface area contributed by atoms with Crippen molar-refractivity contribution >= 4 is 38.7 Å². The van der Waals surface area contributed by atoms with E-state index < -0.39 is 33.2 Å². The summed E-state index contributed by atoms with van der Waals surface area (Å²) in [6.45, 7) is 12.0. The van der Waals surface area contributed by atoms with Crippen LogP contribution in [-0.2, 0) is 21.4 Å². The third-order valence-electron chi connectivity index (χ3n) is 9.61. The Labute approximate surface area is 282 Å². The maximum atomic E-state index is 16.6. The van der Waals surface area contributed by atoms with E-state index in [9.17, 15) is 18.0 Å². The van der Waals surface area contributed by atoms with Crippen molar-refractivity contribution in [2.24, 2.45) is 0 Å². The molecule has 4 bridgehead atoms. The predicted octanol–water partition coefficient (Wildman–Crippen LogP) is 3.78. The summed E-state index contributed by atoms with van der Waals surface area (Å²) in [5.41, 5.74) is 0.00687. The van der Waals surface area contributed by atoms with Crippen LogP contribution in [0.4, 0.5) is 20.3 Å². The van der Waals surface area contributed by atoms with Crippen molar-refractivity contribution in [3.63, 3.8) is 0 Å². The first kappa shape index (κ1) is 32.8. The fraction of sp³-hybridized carbons (Fsp3) is 0.382. The molecular weight excluding hydrogens is 654 g/mol. The first-order valence-electron chi connectivity index (χ1n) is 16.2. The molecule has 12 nitrogen and oxygen atoms in total. The number of fused-ring (bicyclic) bond motifs is 8. The second kappa shape index (κ2) is 12.0. The van der Waals surface area contributed by atoms with Crippen molar-refractivity contribution in [2.75, 3.05) is 41.9 Å². The number of halogens is 2. The summed E-state index contributed by atoms with van der Waals surface area (Å²) in [6, 6.07) is 6.21. The van der Waals surface area contributed by atoms with Crippen molar-refractivity contribution in [1.82, 2.24) is 28.7 Å². The first-order chi connectivity index (χ1) is 23.3. The van der Waals surface area contributed by atoms with Crippen LogP contribution in [0, 0.1) is 11.6 Å². The van der Waals surface area contributed by atoms with Gasteiger partial charge in [0.15, 0.2) is 11.5 Å². The average molecular weight is 691 g/mol. The van der Waals surface area contributed by atoms with Gasteiger partial charge in [-0.3, -0.25) is 14.1 Å². The second-order valence-corrected chi connectivity index (χ2v) is 14.9. The summed E-state index contributed by atoms with van der Waals surface area (Å²) in [4.78, 5) is 44.4. The average Bonchev–Trinajstić information content (AvgIpc) is 3.36. The molecular formula is C34H36F2N8O4S. The number of benzene rings is 1. The van der Waals surface area contributed by atoms with Crippen LogP contribution in [0.1, 0.15) is 44.9 Å². The predicted molar refractivity (Wildman–Crippen MR) is 182 cm³/mol. The minimum atomic E-state index is -4.12. The fourth-order valence-corrected chi connectivity index (χ4v) is 8.81. The van der Waals surface area contributed by atoms with E-state index in [4.69, 9.17) is 4.98 Å². The van der Waals surface area contributed by atoms with E-state index in [1.807, 2.05) is 32.6 Å². The van der Waals surface area contributed by atoms with Gasteiger partial charge in [-0.25, -0.2) is 23.1 Å². The Morgan fingerprint density at radius 1 is 1.04 bits per heavy atom. The van der Waals surface area contributed by atoms with Crippen molar-refractivity contribution in [2.45, 2.75) is 52.1 Å². The number of hydrogen-bond donors (Lipinski definition) is 0. The SMILES string of the molecule is C=CC(=O)N1C[C@H](C)N(c2nc(=O)n3c4nc(c(F)cc24)-c2c(F)cccc2N2CCN(CCc4ccnc(C(C)C)c4-3)S2(=O)=O)C[C@H]1C. The maximum absolute atomic E-state index is 16.6. The molecule has 1 unspecified atom stereocenters. The van der Waals surface area contributed by atoms with Crippen LogP contribution in [0.5, 0.6) is 0 Å². The van der Waals surface area contributed by atoms with Crippen LogP contribution in [0.2, 0.25) is 0 Å². The molecule has 3 aliphatic rings. The van der Waals surface area contributed by atoms with Crippen molar-refractivity contribution in [1.29, 1.82) is 0 Å². The van der Waals surface area contributed by atoms with Gasteiger partial charge in [0.25, 0.3) is 0 Å². The molecule has 0 spiro atoms. The molecule has 2 saturated heterocycles. The van der Waals surface area contributed by atoms with Gasteiger partial charge in [-0.1, -0.05) is 26.5 Å². The highest BCUT2D eigenvalue weighted by atomic mass is 32.2. The van der Waals surface area contributed by atoms with Crippen LogP contribution in [0.15, 0.2) is 54.0 Å². The number of rotatable bonds is 3. The Kier molecular flexibility index (Phi) is 8.01. The van der Waals surface area contributed by atoms with Gasteiger partial charge in [0.1, 0.15) is 17.3 Å². The molecule has 7 rings (SSSR count). The van der Waals surface area contributed by atoms with E-state index in [1.54, 1.807) is 17.2 Å². The molecule has 0 radical (unpaired) electrons. The summed E-state index contributed by atoms with van der Waals surface area (Å²) in [5, 5.41) is 0.193. The van der Waals surface area contributed by atoms with Crippen molar-refractivity contribution < 1.29 is 22.0 Å². The van der Waals surface area contributed by atoms with Crippen LogP contribution in [0.3, 0.4) is 0 Å². The molecule has 4 aromatic rings. The monoisotopic (exact) mass is 690 g/mol. The zero-order chi connectivity index (χ0) is 34.9. The smallest absolute Gasteiger partial charge is 0.349 e. The molecule has 6 heterocycles. The molecule has 49 heavy (non-hydrogen) atoms. The zero-order valence-electron chi connectivity index (χ0n) is 27.6.